The molecule has 3 nitrogen and oxygen atoms in total. The molecule has 0 aliphatic carbocycles. The fourth-order valence-corrected chi connectivity index (χ4v) is 1.29. The molecule has 0 spiro atoms. The Morgan fingerprint density at radius 2 is 1.61 bits per heavy atom. The van der Waals surface area contributed by atoms with Crippen molar-refractivity contribution in [1.82, 2.24) is 0 Å². The van der Waals surface area contributed by atoms with Crippen molar-refractivity contribution >= 4 is 0 Å². The molecule has 1 unspecified atom stereocenters. The van der Waals surface area contributed by atoms with Gasteiger partial charge in [-0.3, -0.25) is 0 Å². The van der Waals surface area contributed by atoms with Crippen LogP contribution in [0.2, 0.25) is 0 Å². The van der Waals surface area contributed by atoms with Gasteiger partial charge >= 0.3 is 6.18 Å². The minimum atomic E-state index is -4.33. The molecule has 1 rings (SSSR count). The molecular formula is C12H16F3NO2. The van der Waals surface area contributed by atoms with Gasteiger partial charge in [0.2, 0.25) is 0 Å². The number of nitrogens with two attached hydrogens (primary N) is 1. The molecular weight excluding hydrogens is 247 g/mol. The quantitative estimate of drug-likeness (QED) is 0.858. The van der Waals surface area contributed by atoms with Crippen LogP contribution in [0.3, 0.4) is 0 Å². The lowest BCUT2D eigenvalue weighted by Crippen LogP contribution is -2.35. The van der Waals surface area contributed by atoms with Crippen LogP contribution in [0.25, 0.3) is 0 Å². The van der Waals surface area contributed by atoms with Crippen LogP contribution in [0, 0.1) is 5.92 Å². The zero-order valence-electron chi connectivity index (χ0n) is 10.0. The number of ether oxygens (including phenoxy) is 2. The van der Waals surface area contributed by atoms with E-state index >= 15 is 0 Å². The van der Waals surface area contributed by atoms with Crippen LogP contribution in [-0.2, 0) is 0 Å². The van der Waals surface area contributed by atoms with Crippen molar-refractivity contribution in [1.29, 1.82) is 0 Å². The molecule has 0 amide bonds. The molecule has 0 aromatic heterocycles. The number of hydrogen-bond donors (Lipinski definition) is 1. The molecule has 6 heteroatoms. The van der Waals surface area contributed by atoms with Crippen LogP contribution < -0.4 is 15.2 Å². The van der Waals surface area contributed by atoms with E-state index in [0.29, 0.717) is 18.1 Å². The molecule has 0 saturated carbocycles. The number of benzene rings is 1. The van der Waals surface area contributed by atoms with Gasteiger partial charge in [-0.05, 0) is 31.2 Å². The van der Waals surface area contributed by atoms with Crippen molar-refractivity contribution < 1.29 is 22.6 Å². The van der Waals surface area contributed by atoms with Crippen molar-refractivity contribution in [2.24, 2.45) is 11.7 Å². The lowest BCUT2D eigenvalue weighted by atomic mass is 10.1. The summed E-state index contributed by atoms with van der Waals surface area (Å²) in [6.07, 6.45) is -4.33. The predicted molar refractivity (Wildman–Crippen MR) is 61.7 cm³/mol. The highest BCUT2D eigenvalue weighted by atomic mass is 19.4. The molecule has 0 fully saturated rings. The van der Waals surface area contributed by atoms with E-state index in [1.807, 2.05) is 6.92 Å². The second-order valence-corrected chi connectivity index (χ2v) is 3.69. The second-order valence-electron chi connectivity index (χ2n) is 3.69. The highest BCUT2D eigenvalue weighted by Crippen LogP contribution is 2.26. The molecule has 1 aromatic rings. The Morgan fingerprint density at radius 3 is 2.00 bits per heavy atom. The summed E-state index contributed by atoms with van der Waals surface area (Å²) in [5, 5.41) is 0. The summed E-state index contributed by atoms with van der Waals surface area (Å²) < 4.78 is 47.5. The molecule has 18 heavy (non-hydrogen) atoms. The predicted octanol–water partition coefficient (Wildman–Crippen LogP) is 2.60. The lowest BCUT2D eigenvalue weighted by Gasteiger charge is -2.18. The van der Waals surface area contributed by atoms with Crippen molar-refractivity contribution in [3.8, 4) is 11.5 Å². The molecule has 1 atom stereocenters. The number of hydrogen-bond acceptors (Lipinski definition) is 3. The Bertz CT molecular complexity index is 351. The van der Waals surface area contributed by atoms with Crippen LogP contribution >= 0.6 is 0 Å². The number of rotatable bonds is 6. The normalized spacial score (nSPS) is 13.2. The maximum Gasteiger partial charge on any atom is 0.396 e. The molecule has 0 saturated heterocycles. The van der Waals surface area contributed by atoms with Crippen molar-refractivity contribution in [2.75, 3.05) is 19.8 Å². The first-order valence-corrected chi connectivity index (χ1v) is 5.59. The topological polar surface area (TPSA) is 44.5 Å². The molecule has 0 radical (unpaired) electrons. The third-order valence-corrected chi connectivity index (χ3v) is 2.33. The largest absolute Gasteiger partial charge is 0.494 e. The Balaban J connectivity index is 2.52. The van der Waals surface area contributed by atoms with Gasteiger partial charge in [-0.1, -0.05) is 0 Å². The molecule has 1 aromatic carbocycles. The monoisotopic (exact) mass is 263 g/mol. The smallest absolute Gasteiger partial charge is 0.396 e. The number of halogens is 3. The average molecular weight is 263 g/mol. The average Bonchev–Trinajstić information content (AvgIpc) is 2.30. The van der Waals surface area contributed by atoms with E-state index in [2.05, 4.69) is 0 Å². The van der Waals surface area contributed by atoms with Gasteiger partial charge in [-0.2, -0.15) is 13.2 Å². The van der Waals surface area contributed by atoms with Crippen LogP contribution in [0.4, 0.5) is 13.2 Å². The third kappa shape index (κ3) is 4.44. The van der Waals surface area contributed by atoms with Gasteiger partial charge in [-0.25, -0.2) is 0 Å². The first-order chi connectivity index (χ1) is 8.47. The summed E-state index contributed by atoms with van der Waals surface area (Å²) in [4.78, 5) is 0. The van der Waals surface area contributed by atoms with E-state index in [1.165, 1.54) is 0 Å². The first-order valence-electron chi connectivity index (χ1n) is 5.59. The molecule has 0 bridgehead atoms. The van der Waals surface area contributed by atoms with E-state index in [-0.39, 0.29) is 0 Å². The zero-order valence-corrected chi connectivity index (χ0v) is 10.0. The summed E-state index contributed by atoms with van der Waals surface area (Å²) in [6, 6.07) is 6.41. The van der Waals surface area contributed by atoms with E-state index in [4.69, 9.17) is 15.2 Å². The third-order valence-electron chi connectivity index (χ3n) is 2.33. The summed E-state index contributed by atoms with van der Waals surface area (Å²) >= 11 is 0. The Hall–Kier alpha value is -1.43. The summed E-state index contributed by atoms with van der Waals surface area (Å²) in [5.41, 5.74) is 5.07. The van der Waals surface area contributed by atoms with Crippen LogP contribution in [-0.4, -0.2) is 25.9 Å². The van der Waals surface area contributed by atoms with Gasteiger partial charge < -0.3 is 15.2 Å². The van der Waals surface area contributed by atoms with E-state index in [1.54, 1.807) is 24.3 Å². The van der Waals surface area contributed by atoms with Gasteiger partial charge in [0.1, 0.15) is 24.0 Å². The molecule has 0 heterocycles. The summed E-state index contributed by atoms with van der Waals surface area (Å²) in [5.74, 6) is -0.638. The van der Waals surface area contributed by atoms with Crippen LogP contribution in [0.1, 0.15) is 6.92 Å². The highest BCUT2D eigenvalue weighted by Gasteiger charge is 2.39. The van der Waals surface area contributed by atoms with Crippen molar-refractivity contribution in [3.05, 3.63) is 24.3 Å². The van der Waals surface area contributed by atoms with Gasteiger partial charge in [0.25, 0.3) is 0 Å². The van der Waals surface area contributed by atoms with Gasteiger partial charge in [0.15, 0.2) is 0 Å². The van der Waals surface area contributed by atoms with Crippen LogP contribution in [0.5, 0.6) is 11.5 Å². The van der Waals surface area contributed by atoms with Crippen molar-refractivity contribution in [3.63, 3.8) is 0 Å². The Labute approximate surface area is 104 Å². The first kappa shape index (κ1) is 14.6. The molecule has 0 aliphatic heterocycles. The van der Waals surface area contributed by atoms with Crippen LogP contribution in [0.15, 0.2) is 24.3 Å². The maximum atomic E-state index is 12.4. The van der Waals surface area contributed by atoms with Gasteiger partial charge in [0, 0.05) is 6.54 Å². The molecule has 2 N–H and O–H groups in total. The molecule has 0 aliphatic rings. The van der Waals surface area contributed by atoms with Gasteiger partial charge in [0.05, 0.1) is 6.61 Å². The van der Waals surface area contributed by atoms with E-state index in [0.717, 1.165) is 0 Å². The minimum Gasteiger partial charge on any atom is -0.494 e. The standard InChI is InChI=1S/C12H16F3NO2/c1-2-17-10-3-5-11(6-4-10)18-8-9(7-16)12(13,14)15/h3-6,9H,2,7-8,16H2,1H3. The SMILES string of the molecule is CCOc1ccc(OCC(CN)C(F)(F)F)cc1. The van der Waals surface area contributed by atoms with Gasteiger partial charge in [-0.15, -0.1) is 0 Å². The minimum absolute atomic E-state index is 0.362. The second kappa shape index (κ2) is 6.49. The number of alkyl halides is 3. The Morgan fingerprint density at radius 1 is 1.11 bits per heavy atom. The fourth-order valence-electron chi connectivity index (χ4n) is 1.29. The van der Waals surface area contributed by atoms with E-state index in [9.17, 15) is 13.2 Å². The van der Waals surface area contributed by atoms with Crippen molar-refractivity contribution in [2.45, 2.75) is 13.1 Å². The summed E-state index contributed by atoms with van der Waals surface area (Å²) in [7, 11) is 0. The van der Waals surface area contributed by atoms with E-state index < -0.39 is 25.2 Å². The zero-order chi connectivity index (χ0) is 13.6. The Kier molecular flexibility index (Phi) is 5.27. The maximum absolute atomic E-state index is 12.4. The fraction of sp³-hybridized carbons (Fsp3) is 0.500. The highest BCUT2D eigenvalue weighted by molar-refractivity contribution is 5.31. The lowest BCUT2D eigenvalue weighted by molar-refractivity contribution is -0.178. The summed E-state index contributed by atoms with van der Waals surface area (Å²) in [6.45, 7) is 1.41. The molecule has 102 valence electrons.